The van der Waals surface area contributed by atoms with Gasteiger partial charge in [0.1, 0.15) is 0 Å². The highest BCUT2D eigenvalue weighted by atomic mass is 127. The first-order valence-corrected chi connectivity index (χ1v) is 11.0. The fraction of sp³-hybridized carbons (Fsp3) is 0.524. The second kappa shape index (κ2) is 5.07. The molecule has 2 fully saturated rings. The molecular weight excluding hydrogens is 459 g/mol. The van der Waals surface area contributed by atoms with Crippen LogP contribution in [-0.4, -0.2) is 29.1 Å². The molecule has 27 heavy (non-hydrogen) atoms. The van der Waals surface area contributed by atoms with E-state index in [1.165, 1.54) is 18.1 Å². The first-order valence-electron chi connectivity index (χ1n) is 9.44. The summed E-state index contributed by atoms with van der Waals surface area (Å²) in [7, 11) is 0. The van der Waals surface area contributed by atoms with Crippen LogP contribution in [0.3, 0.4) is 0 Å². The van der Waals surface area contributed by atoms with Crippen LogP contribution in [0, 0.1) is 23.2 Å². The van der Waals surface area contributed by atoms with Crippen LogP contribution < -0.4 is 9.47 Å². The number of hydrogen-bond acceptors (Lipinski definition) is 5. The number of allylic oxidation sites excluding steroid dienone is 1. The van der Waals surface area contributed by atoms with Crippen molar-refractivity contribution in [2.75, 3.05) is 4.43 Å². The second-order valence-electron chi connectivity index (χ2n) is 8.49. The third kappa shape index (κ3) is 1.65. The molecule has 5 unspecified atom stereocenters. The molecule has 0 amide bonds. The molecule has 140 valence electrons. The van der Waals surface area contributed by atoms with Crippen LogP contribution in [-0.2, 0) is 26.2 Å². The SMILES string of the molecule is CC(=O)OC1C=C[C@@]23CC(CI)C4Cc5ccc(OC=O)c6c5[C@@]2(C1O6)C43. The predicted molar refractivity (Wildman–Crippen MR) is 104 cm³/mol. The van der Waals surface area contributed by atoms with Gasteiger partial charge in [0, 0.05) is 22.3 Å². The number of rotatable bonds is 4. The van der Waals surface area contributed by atoms with Gasteiger partial charge in [-0.05, 0) is 48.3 Å². The van der Waals surface area contributed by atoms with Gasteiger partial charge in [-0.3, -0.25) is 9.59 Å². The van der Waals surface area contributed by atoms with E-state index in [1.54, 1.807) is 0 Å². The van der Waals surface area contributed by atoms with Crippen LogP contribution in [0.1, 0.15) is 24.5 Å². The second-order valence-corrected chi connectivity index (χ2v) is 9.37. The fourth-order valence-electron chi connectivity index (χ4n) is 7.17. The van der Waals surface area contributed by atoms with E-state index in [1.807, 2.05) is 12.1 Å². The van der Waals surface area contributed by atoms with E-state index in [2.05, 4.69) is 34.7 Å². The summed E-state index contributed by atoms with van der Waals surface area (Å²) in [5.41, 5.74) is 2.47. The van der Waals surface area contributed by atoms with Crippen molar-refractivity contribution in [3.8, 4) is 11.5 Å². The zero-order chi connectivity index (χ0) is 18.6. The van der Waals surface area contributed by atoms with Crippen LogP contribution in [0.4, 0.5) is 0 Å². The molecule has 1 aromatic rings. The highest BCUT2D eigenvalue weighted by Crippen LogP contribution is 2.88. The minimum Gasteiger partial charge on any atom is -0.481 e. The largest absolute Gasteiger partial charge is 0.481 e. The Labute approximate surface area is 170 Å². The van der Waals surface area contributed by atoms with Crippen molar-refractivity contribution >= 4 is 35.0 Å². The third-order valence-electron chi connectivity index (χ3n) is 7.69. The molecule has 0 aromatic heterocycles. The molecule has 2 saturated carbocycles. The molecule has 4 aliphatic carbocycles. The summed E-state index contributed by atoms with van der Waals surface area (Å²) in [4.78, 5) is 22.7. The highest BCUT2D eigenvalue weighted by molar-refractivity contribution is 14.1. The van der Waals surface area contributed by atoms with E-state index in [4.69, 9.17) is 14.2 Å². The van der Waals surface area contributed by atoms with Gasteiger partial charge in [0.25, 0.3) is 6.47 Å². The summed E-state index contributed by atoms with van der Waals surface area (Å²) >= 11 is 2.52. The summed E-state index contributed by atoms with van der Waals surface area (Å²) in [6, 6.07) is 3.94. The fourth-order valence-corrected chi connectivity index (χ4v) is 8.14. The number of carbonyl (C=O) groups excluding carboxylic acids is 2. The Morgan fingerprint density at radius 3 is 3.04 bits per heavy atom. The molecule has 2 spiro atoms. The molecule has 1 heterocycles. The van der Waals surface area contributed by atoms with E-state index < -0.39 is 6.10 Å². The number of hydrogen-bond donors (Lipinski definition) is 0. The number of halogens is 1. The lowest BCUT2D eigenvalue weighted by Gasteiger charge is -2.39. The van der Waals surface area contributed by atoms with Gasteiger partial charge in [-0.15, -0.1) is 0 Å². The van der Waals surface area contributed by atoms with Crippen molar-refractivity contribution in [1.29, 1.82) is 0 Å². The molecule has 7 atom stereocenters. The third-order valence-corrected chi connectivity index (χ3v) is 8.83. The van der Waals surface area contributed by atoms with E-state index in [9.17, 15) is 9.59 Å². The lowest BCUT2D eigenvalue weighted by molar-refractivity contribution is -0.149. The van der Waals surface area contributed by atoms with Gasteiger partial charge in [-0.25, -0.2) is 0 Å². The Morgan fingerprint density at radius 2 is 2.30 bits per heavy atom. The lowest BCUT2D eigenvalue weighted by Crippen LogP contribution is -2.48. The van der Waals surface area contributed by atoms with Crippen molar-refractivity contribution in [3.63, 3.8) is 0 Å². The molecule has 5 nitrogen and oxygen atoms in total. The van der Waals surface area contributed by atoms with Crippen molar-refractivity contribution < 1.29 is 23.8 Å². The number of alkyl halides is 1. The average molecular weight is 478 g/mol. The number of ether oxygens (including phenoxy) is 3. The van der Waals surface area contributed by atoms with E-state index >= 15 is 0 Å². The summed E-state index contributed by atoms with van der Waals surface area (Å²) < 4.78 is 18.5. The Kier molecular flexibility index (Phi) is 3.08. The molecule has 0 radical (unpaired) electrons. The Morgan fingerprint density at radius 1 is 1.44 bits per heavy atom. The van der Waals surface area contributed by atoms with Crippen LogP contribution in [0.5, 0.6) is 11.5 Å². The maximum atomic E-state index is 11.7. The summed E-state index contributed by atoms with van der Waals surface area (Å²) in [6.07, 6.45) is 5.93. The Hall–Kier alpha value is -1.57. The van der Waals surface area contributed by atoms with Gasteiger partial charge in [0.2, 0.25) is 0 Å². The molecule has 0 N–H and O–H groups in total. The van der Waals surface area contributed by atoms with Gasteiger partial charge in [-0.1, -0.05) is 34.7 Å². The monoisotopic (exact) mass is 478 g/mol. The van der Waals surface area contributed by atoms with Crippen LogP contribution in [0.2, 0.25) is 0 Å². The van der Waals surface area contributed by atoms with Crippen molar-refractivity contribution in [2.45, 2.75) is 37.4 Å². The van der Waals surface area contributed by atoms with Crippen molar-refractivity contribution in [3.05, 3.63) is 35.4 Å². The zero-order valence-corrected chi connectivity index (χ0v) is 17.0. The molecule has 6 heteroatoms. The smallest absolute Gasteiger partial charge is 0.303 e. The lowest BCUT2D eigenvalue weighted by atomic mass is 9.65. The first kappa shape index (κ1) is 16.4. The van der Waals surface area contributed by atoms with Crippen molar-refractivity contribution in [2.24, 2.45) is 23.2 Å². The zero-order valence-electron chi connectivity index (χ0n) is 14.8. The van der Waals surface area contributed by atoms with Crippen LogP contribution >= 0.6 is 22.6 Å². The highest BCUT2D eigenvalue weighted by Gasteiger charge is 2.89. The minimum absolute atomic E-state index is 0.0884. The van der Waals surface area contributed by atoms with E-state index in [-0.39, 0.29) is 22.9 Å². The molecule has 0 saturated heterocycles. The molecule has 1 aromatic carbocycles. The number of carbonyl (C=O) groups is 2. The van der Waals surface area contributed by atoms with E-state index in [0.717, 1.165) is 17.3 Å². The topological polar surface area (TPSA) is 61.8 Å². The van der Waals surface area contributed by atoms with Crippen LogP contribution in [0.15, 0.2) is 24.3 Å². The molecule has 5 aliphatic rings. The predicted octanol–water partition coefficient (Wildman–Crippen LogP) is 2.97. The Bertz CT molecular complexity index is 925. The molecule has 0 bridgehead atoms. The molecular formula is C21H19IO5. The van der Waals surface area contributed by atoms with Gasteiger partial charge in [-0.2, -0.15) is 0 Å². The maximum absolute atomic E-state index is 11.7. The van der Waals surface area contributed by atoms with Gasteiger partial charge < -0.3 is 14.2 Å². The summed E-state index contributed by atoms with van der Waals surface area (Å²) in [5, 5.41) is 0. The van der Waals surface area contributed by atoms with Gasteiger partial charge in [0.15, 0.2) is 23.7 Å². The summed E-state index contributed by atoms with van der Waals surface area (Å²) in [6.45, 7) is 1.89. The maximum Gasteiger partial charge on any atom is 0.303 e. The minimum atomic E-state index is -0.403. The number of esters is 1. The Balaban J connectivity index is 1.58. The number of benzene rings is 1. The van der Waals surface area contributed by atoms with Crippen LogP contribution in [0.25, 0.3) is 0 Å². The normalized spacial score (nSPS) is 43.4. The van der Waals surface area contributed by atoms with E-state index in [0.29, 0.717) is 35.7 Å². The quantitative estimate of drug-likeness (QED) is 0.219. The molecule has 1 aliphatic heterocycles. The van der Waals surface area contributed by atoms with Gasteiger partial charge in [0.05, 0.1) is 5.41 Å². The van der Waals surface area contributed by atoms with Gasteiger partial charge >= 0.3 is 5.97 Å². The first-order chi connectivity index (χ1) is 13.1. The average Bonchev–Trinajstić information content (AvgIpc) is 2.91. The van der Waals surface area contributed by atoms with Crippen molar-refractivity contribution in [1.82, 2.24) is 0 Å². The molecule has 6 rings (SSSR count). The summed E-state index contributed by atoms with van der Waals surface area (Å²) in [5.74, 6) is 2.71. The standard InChI is InChI=1S/C21H19IO5/c1-10(24)26-15-4-5-20-7-12(8-22)13-6-11-2-3-14(25-9-23)17-16(11)21(20,18(13)20)19(15)27-17/h2-5,9,12-13,15,18-19H,6-8H2,1H3/t12?,13?,15?,18?,19?,20-,21-/m0/s1.